The molecule has 16 heavy (non-hydrogen) atoms. The van der Waals surface area contributed by atoms with Gasteiger partial charge >= 0.3 is 5.97 Å². The molecule has 0 aliphatic carbocycles. The fourth-order valence-electron chi connectivity index (χ4n) is 1.71. The maximum absolute atomic E-state index is 11.6. The summed E-state index contributed by atoms with van der Waals surface area (Å²) in [6.45, 7) is 4.40. The van der Waals surface area contributed by atoms with Crippen molar-refractivity contribution in [2.45, 2.75) is 13.8 Å². The molecule has 3 heteroatoms. The summed E-state index contributed by atoms with van der Waals surface area (Å²) in [5.41, 5.74) is 0.596. The Morgan fingerprint density at radius 2 is 1.88 bits per heavy atom. The first-order valence-electron chi connectivity index (χ1n) is 5.32. The molecular formula is C13H19NO2. The topological polar surface area (TPSA) is 29.5 Å². The van der Waals surface area contributed by atoms with Crippen molar-refractivity contribution in [2.75, 3.05) is 25.6 Å². The van der Waals surface area contributed by atoms with Crippen molar-refractivity contribution in [1.29, 1.82) is 0 Å². The molecule has 0 aromatic heterocycles. The Labute approximate surface area is 97.0 Å². The number of nitrogens with zero attached hydrogens (tertiary/aromatic N) is 1. The molecule has 0 unspecified atom stereocenters. The molecule has 0 N–H and O–H groups in total. The molecule has 0 radical (unpaired) electrons. The highest BCUT2D eigenvalue weighted by Gasteiger charge is 2.30. The van der Waals surface area contributed by atoms with Gasteiger partial charge in [-0.25, -0.2) is 0 Å². The van der Waals surface area contributed by atoms with Crippen LogP contribution >= 0.6 is 0 Å². The first kappa shape index (κ1) is 12.6. The van der Waals surface area contributed by atoms with Crippen molar-refractivity contribution in [3.05, 3.63) is 30.3 Å². The van der Waals surface area contributed by atoms with Gasteiger partial charge in [0.05, 0.1) is 12.5 Å². The zero-order valence-electron chi connectivity index (χ0n) is 10.4. The van der Waals surface area contributed by atoms with Crippen molar-refractivity contribution < 1.29 is 9.53 Å². The van der Waals surface area contributed by atoms with E-state index in [2.05, 4.69) is 4.90 Å². The molecule has 0 saturated carbocycles. The van der Waals surface area contributed by atoms with Crippen LogP contribution < -0.4 is 4.90 Å². The van der Waals surface area contributed by atoms with Gasteiger partial charge in [-0.3, -0.25) is 4.79 Å². The third-order valence-electron chi connectivity index (χ3n) is 2.57. The van der Waals surface area contributed by atoms with Crippen LogP contribution in [-0.2, 0) is 9.53 Å². The van der Waals surface area contributed by atoms with Crippen LogP contribution in [0.3, 0.4) is 0 Å². The van der Waals surface area contributed by atoms with E-state index in [-0.39, 0.29) is 5.97 Å². The van der Waals surface area contributed by atoms with Gasteiger partial charge in [0, 0.05) is 19.3 Å². The first-order valence-corrected chi connectivity index (χ1v) is 5.32. The Hall–Kier alpha value is -1.51. The SMILES string of the molecule is COC(=O)C(C)(C)CN(C)c1ccccc1. The zero-order valence-corrected chi connectivity index (χ0v) is 10.4. The number of ether oxygens (including phenoxy) is 1. The average molecular weight is 221 g/mol. The number of carbonyl (C=O) groups is 1. The molecule has 0 bridgehead atoms. The van der Waals surface area contributed by atoms with Crippen LogP contribution in [0.1, 0.15) is 13.8 Å². The van der Waals surface area contributed by atoms with Gasteiger partial charge in [0.2, 0.25) is 0 Å². The fourth-order valence-corrected chi connectivity index (χ4v) is 1.71. The molecule has 3 nitrogen and oxygen atoms in total. The van der Waals surface area contributed by atoms with E-state index >= 15 is 0 Å². The van der Waals surface area contributed by atoms with Gasteiger partial charge in [-0.2, -0.15) is 0 Å². The lowest BCUT2D eigenvalue weighted by molar-refractivity contribution is -0.150. The van der Waals surface area contributed by atoms with Crippen molar-refractivity contribution in [3.8, 4) is 0 Å². The minimum absolute atomic E-state index is 0.185. The molecule has 0 amide bonds. The Balaban J connectivity index is 2.71. The van der Waals surface area contributed by atoms with E-state index in [1.54, 1.807) is 0 Å². The van der Waals surface area contributed by atoms with Crippen molar-refractivity contribution in [1.82, 2.24) is 0 Å². The van der Waals surface area contributed by atoms with Crippen LogP contribution in [0.25, 0.3) is 0 Å². The Kier molecular flexibility index (Phi) is 3.93. The van der Waals surface area contributed by atoms with Gasteiger partial charge in [0.15, 0.2) is 0 Å². The number of rotatable bonds is 4. The Morgan fingerprint density at radius 1 is 1.31 bits per heavy atom. The molecule has 0 spiro atoms. The summed E-state index contributed by atoms with van der Waals surface area (Å²) < 4.78 is 4.79. The maximum Gasteiger partial charge on any atom is 0.313 e. The number of hydrogen-bond donors (Lipinski definition) is 0. The van der Waals surface area contributed by atoms with Gasteiger partial charge in [-0.15, -0.1) is 0 Å². The molecule has 0 heterocycles. The number of hydrogen-bond acceptors (Lipinski definition) is 3. The van der Waals surface area contributed by atoms with Gasteiger partial charge in [-0.1, -0.05) is 18.2 Å². The summed E-state index contributed by atoms with van der Waals surface area (Å²) >= 11 is 0. The van der Waals surface area contributed by atoms with Crippen molar-refractivity contribution >= 4 is 11.7 Å². The summed E-state index contributed by atoms with van der Waals surface area (Å²) in [4.78, 5) is 13.6. The van der Waals surface area contributed by atoms with Crippen LogP contribution in [0.15, 0.2) is 30.3 Å². The van der Waals surface area contributed by atoms with Crippen molar-refractivity contribution in [2.24, 2.45) is 5.41 Å². The molecule has 1 aromatic carbocycles. The number of esters is 1. The lowest BCUT2D eigenvalue weighted by atomic mass is 9.93. The van der Waals surface area contributed by atoms with E-state index in [4.69, 9.17) is 4.74 Å². The van der Waals surface area contributed by atoms with Crippen LogP contribution in [0.4, 0.5) is 5.69 Å². The second-order valence-electron chi connectivity index (χ2n) is 4.57. The van der Waals surface area contributed by atoms with Gasteiger partial charge in [0.25, 0.3) is 0 Å². The minimum atomic E-state index is -0.501. The van der Waals surface area contributed by atoms with E-state index in [1.165, 1.54) is 7.11 Å². The van der Waals surface area contributed by atoms with Gasteiger partial charge < -0.3 is 9.64 Å². The average Bonchev–Trinajstić information content (AvgIpc) is 2.28. The molecule has 0 aliphatic heterocycles. The van der Waals surface area contributed by atoms with E-state index < -0.39 is 5.41 Å². The highest BCUT2D eigenvalue weighted by molar-refractivity contribution is 5.76. The highest BCUT2D eigenvalue weighted by atomic mass is 16.5. The van der Waals surface area contributed by atoms with Gasteiger partial charge in [0.1, 0.15) is 0 Å². The standard InChI is InChI=1S/C13H19NO2/c1-13(2,12(15)16-4)10-14(3)11-8-6-5-7-9-11/h5-9H,10H2,1-4H3. The van der Waals surface area contributed by atoms with Crippen LogP contribution in [0.5, 0.6) is 0 Å². The summed E-state index contributed by atoms with van der Waals surface area (Å²) in [7, 11) is 3.40. The smallest absolute Gasteiger partial charge is 0.313 e. The second-order valence-corrected chi connectivity index (χ2v) is 4.57. The van der Waals surface area contributed by atoms with Gasteiger partial charge in [-0.05, 0) is 26.0 Å². The summed E-state index contributed by atoms with van der Waals surface area (Å²) in [5, 5.41) is 0. The van der Waals surface area contributed by atoms with Crippen LogP contribution in [0.2, 0.25) is 0 Å². The third kappa shape index (κ3) is 2.99. The predicted molar refractivity (Wildman–Crippen MR) is 65.5 cm³/mol. The quantitative estimate of drug-likeness (QED) is 0.731. The highest BCUT2D eigenvalue weighted by Crippen LogP contribution is 2.21. The van der Waals surface area contributed by atoms with Crippen molar-refractivity contribution in [3.63, 3.8) is 0 Å². The molecule has 0 fully saturated rings. The summed E-state index contributed by atoms with van der Waals surface area (Å²) in [5.74, 6) is -0.185. The maximum atomic E-state index is 11.6. The molecule has 0 atom stereocenters. The lowest BCUT2D eigenvalue weighted by Gasteiger charge is -2.29. The normalized spacial score (nSPS) is 11.0. The number of anilines is 1. The molecule has 0 aliphatic rings. The van der Waals surface area contributed by atoms with E-state index in [9.17, 15) is 4.79 Å². The Bertz CT molecular complexity index is 346. The number of carbonyl (C=O) groups excluding carboxylic acids is 1. The second kappa shape index (κ2) is 5.01. The molecule has 88 valence electrons. The number of methoxy groups -OCH3 is 1. The molecule has 1 aromatic rings. The molecule has 1 rings (SSSR count). The van der Waals surface area contributed by atoms with E-state index in [0.29, 0.717) is 6.54 Å². The molecule has 0 saturated heterocycles. The minimum Gasteiger partial charge on any atom is -0.469 e. The summed E-state index contributed by atoms with van der Waals surface area (Å²) in [6, 6.07) is 9.98. The first-order chi connectivity index (χ1) is 7.47. The third-order valence-corrected chi connectivity index (χ3v) is 2.57. The predicted octanol–water partition coefficient (Wildman–Crippen LogP) is 2.32. The van der Waals surface area contributed by atoms with Crippen LogP contribution in [0, 0.1) is 5.41 Å². The largest absolute Gasteiger partial charge is 0.469 e. The number of benzene rings is 1. The number of para-hydroxylation sites is 1. The van der Waals surface area contributed by atoms with E-state index in [0.717, 1.165) is 5.69 Å². The summed E-state index contributed by atoms with van der Waals surface area (Å²) in [6.07, 6.45) is 0. The van der Waals surface area contributed by atoms with E-state index in [1.807, 2.05) is 51.2 Å². The molecular weight excluding hydrogens is 202 g/mol. The Morgan fingerprint density at radius 3 is 2.38 bits per heavy atom. The monoisotopic (exact) mass is 221 g/mol. The fraction of sp³-hybridized carbons (Fsp3) is 0.462. The lowest BCUT2D eigenvalue weighted by Crippen LogP contribution is -2.38. The zero-order chi connectivity index (χ0) is 12.2. The van der Waals surface area contributed by atoms with Crippen LogP contribution in [-0.4, -0.2) is 26.7 Å².